The molecular weight excluding hydrogens is 238 g/mol. The van der Waals surface area contributed by atoms with E-state index in [4.69, 9.17) is 0 Å². The fourth-order valence-electron chi connectivity index (χ4n) is 3.61. The summed E-state index contributed by atoms with van der Waals surface area (Å²) in [5.41, 5.74) is 0.463. The first kappa shape index (κ1) is 15.2. The van der Waals surface area contributed by atoms with Gasteiger partial charge in [0, 0.05) is 45.3 Å². The fourth-order valence-corrected chi connectivity index (χ4v) is 3.61. The molecule has 3 unspecified atom stereocenters. The van der Waals surface area contributed by atoms with Crippen molar-refractivity contribution in [3.63, 3.8) is 0 Å². The zero-order chi connectivity index (χ0) is 13.9. The summed E-state index contributed by atoms with van der Waals surface area (Å²) in [6, 6.07) is 0.612. The van der Waals surface area contributed by atoms with Gasteiger partial charge in [-0.25, -0.2) is 0 Å². The lowest BCUT2D eigenvalue weighted by Gasteiger charge is -2.44. The molecule has 4 heteroatoms. The van der Waals surface area contributed by atoms with E-state index in [-0.39, 0.29) is 6.10 Å². The third-order valence-electron chi connectivity index (χ3n) is 4.72. The van der Waals surface area contributed by atoms with Crippen LogP contribution >= 0.6 is 0 Å². The Morgan fingerprint density at radius 3 is 2.79 bits per heavy atom. The number of nitrogens with zero attached hydrogens (tertiary/aromatic N) is 2. The quantitative estimate of drug-likeness (QED) is 0.773. The number of aliphatic hydroxyl groups excluding tert-OH is 1. The number of nitrogens with one attached hydrogen (secondary N) is 1. The lowest BCUT2D eigenvalue weighted by atomic mass is 9.88. The summed E-state index contributed by atoms with van der Waals surface area (Å²) in [5, 5.41) is 13.1. The highest BCUT2D eigenvalue weighted by Crippen LogP contribution is 2.27. The second kappa shape index (κ2) is 6.53. The molecule has 2 rings (SSSR count). The minimum Gasteiger partial charge on any atom is -0.392 e. The molecule has 19 heavy (non-hydrogen) atoms. The van der Waals surface area contributed by atoms with E-state index in [1.165, 1.54) is 32.5 Å². The Balaban J connectivity index is 1.86. The van der Waals surface area contributed by atoms with E-state index in [0.717, 1.165) is 26.2 Å². The molecule has 2 aliphatic rings. The van der Waals surface area contributed by atoms with Crippen LogP contribution in [0.4, 0.5) is 0 Å². The summed E-state index contributed by atoms with van der Waals surface area (Å²) in [6.45, 7) is 14.4. The van der Waals surface area contributed by atoms with E-state index in [1.807, 2.05) is 6.92 Å². The van der Waals surface area contributed by atoms with Crippen molar-refractivity contribution >= 4 is 0 Å². The van der Waals surface area contributed by atoms with Crippen molar-refractivity contribution in [2.45, 2.75) is 45.8 Å². The monoisotopic (exact) mass is 269 g/mol. The van der Waals surface area contributed by atoms with Crippen molar-refractivity contribution in [2.24, 2.45) is 5.41 Å². The maximum Gasteiger partial charge on any atom is 0.0639 e. The van der Waals surface area contributed by atoms with Crippen molar-refractivity contribution in [3.05, 3.63) is 0 Å². The van der Waals surface area contributed by atoms with Crippen molar-refractivity contribution in [2.75, 3.05) is 45.8 Å². The zero-order valence-electron chi connectivity index (χ0n) is 12.9. The van der Waals surface area contributed by atoms with Gasteiger partial charge in [-0.05, 0) is 31.7 Å². The number of hydrogen-bond donors (Lipinski definition) is 2. The molecule has 2 fully saturated rings. The average Bonchev–Trinajstić information content (AvgIpc) is 2.77. The van der Waals surface area contributed by atoms with Crippen LogP contribution in [0.5, 0.6) is 0 Å². The zero-order valence-corrected chi connectivity index (χ0v) is 12.9. The van der Waals surface area contributed by atoms with Gasteiger partial charge in [-0.3, -0.25) is 9.80 Å². The van der Waals surface area contributed by atoms with Crippen LogP contribution in [-0.2, 0) is 0 Å². The molecule has 0 aliphatic carbocycles. The Morgan fingerprint density at radius 2 is 2.21 bits per heavy atom. The first-order valence-corrected chi connectivity index (χ1v) is 7.87. The highest BCUT2D eigenvalue weighted by atomic mass is 16.3. The molecule has 4 nitrogen and oxygen atoms in total. The van der Waals surface area contributed by atoms with Crippen molar-refractivity contribution in [1.82, 2.24) is 15.1 Å². The minimum atomic E-state index is -0.211. The topological polar surface area (TPSA) is 38.7 Å². The molecule has 0 radical (unpaired) electrons. The van der Waals surface area contributed by atoms with Crippen LogP contribution < -0.4 is 5.32 Å². The Labute approximate surface area is 118 Å². The van der Waals surface area contributed by atoms with E-state index in [2.05, 4.69) is 29.0 Å². The van der Waals surface area contributed by atoms with Gasteiger partial charge in [0.2, 0.25) is 0 Å². The Kier molecular flexibility index (Phi) is 5.23. The second-order valence-corrected chi connectivity index (χ2v) is 6.88. The van der Waals surface area contributed by atoms with Gasteiger partial charge in [0.25, 0.3) is 0 Å². The third kappa shape index (κ3) is 4.15. The highest BCUT2D eigenvalue weighted by molar-refractivity contribution is 4.90. The van der Waals surface area contributed by atoms with Crippen LogP contribution in [0.15, 0.2) is 0 Å². The summed E-state index contributed by atoms with van der Waals surface area (Å²) < 4.78 is 0. The molecule has 3 atom stereocenters. The van der Waals surface area contributed by atoms with E-state index in [1.54, 1.807) is 0 Å². The minimum absolute atomic E-state index is 0.211. The van der Waals surface area contributed by atoms with Crippen LogP contribution in [0, 0.1) is 5.41 Å². The highest BCUT2D eigenvalue weighted by Gasteiger charge is 2.34. The first-order chi connectivity index (χ1) is 9.02. The predicted molar refractivity (Wildman–Crippen MR) is 79.4 cm³/mol. The van der Waals surface area contributed by atoms with Gasteiger partial charge >= 0.3 is 0 Å². The fraction of sp³-hybridized carbons (Fsp3) is 1.00. The molecule has 2 saturated heterocycles. The van der Waals surface area contributed by atoms with Crippen LogP contribution in [0.25, 0.3) is 0 Å². The molecule has 0 saturated carbocycles. The molecule has 2 heterocycles. The van der Waals surface area contributed by atoms with E-state index < -0.39 is 0 Å². The van der Waals surface area contributed by atoms with Crippen LogP contribution in [-0.4, -0.2) is 72.9 Å². The first-order valence-electron chi connectivity index (χ1n) is 7.87. The average molecular weight is 269 g/mol. The molecule has 0 amide bonds. The van der Waals surface area contributed by atoms with Gasteiger partial charge in [-0.15, -0.1) is 0 Å². The molecule has 2 aliphatic heterocycles. The van der Waals surface area contributed by atoms with E-state index in [9.17, 15) is 5.11 Å². The number of β-amino-alcohol motifs (C(OH)–C–C–N with tert-alkyl or cyclic N) is 1. The summed E-state index contributed by atoms with van der Waals surface area (Å²) >= 11 is 0. The normalized spacial score (nSPS) is 35.7. The Morgan fingerprint density at radius 1 is 1.42 bits per heavy atom. The van der Waals surface area contributed by atoms with Gasteiger partial charge in [-0.2, -0.15) is 0 Å². The molecule has 0 aromatic carbocycles. The van der Waals surface area contributed by atoms with Gasteiger partial charge in [0.15, 0.2) is 0 Å². The van der Waals surface area contributed by atoms with Gasteiger partial charge in [-0.1, -0.05) is 13.8 Å². The summed E-state index contributed by atoms with van der Waals surface area (Å²) in [6.07, 6.45) is 2.27. The third-order valence-corrected chi connectivity index (χ3v) is 4.72. The summed E-state index contributed by atoms with van der Waals surface area (Å²) in [4.78, 5) is 5.11. The summed E-state index contributed by atoms with van der Waals surface area (Å²) in [5.74, 6) is 0. The van der Waals surface area contributed by atoms with Gasteiger partial charge in [0.05, 0.1) is 6.10 Å². The maximum atomic E-state index is 9.59. The van der Waals surface area contributed by atoms with Crippen LogP contribution in [0.3, 0.4) is 0 Å². The molecule has 0 aromatic heterocycles. The molecule has 0 spiro atoms. The van der Waals surface area contributed by atoms with E-state index >= 15 is 0 Å². The Bertz CT molecular complexity index is 277. The standard InChI is InChI=1S/C15H31N3O/c1-4-14-10-17(7-8-18(14)9-13(2)19)12-15(3)5-6-16-11-15/h13-14,16,19H,4-12H2,1-3H3. The second-order valence-electron chi connectivity index (χ2n) is 6.88. The number of aliphatic hydroxyl groups is 1. The molecule has 112 valence electrons. The number of hydrogen-bond acceptors (Lipinski definition) is 4. The van der Waals surface area contributed by atoms with Gasteiger partial charge < -0.3 is 10.4 Å². The Hall–Kier alpha value is -0.160. The van der Waals surface area contributed by atoms with Crippen LogP contribution in [0.1, 0.15) is 33.6 Å². The number of piperazine rings is 1. The van der Waals surface area contributed by atoms with Crippen molar-refractivity contribution in [3.8, 4) is 0 Å². The molecule has 0 aromatic rings. The van der Waals surface area contributed by atoms with Crippen molar-refractivity contribution in [1.29, 1.82) is 0 Å². The maximum absolute atomic E-state index is 9.59. The predicted octanol–water partition coefficient (Wildman–Crippen LogP) is 0.763. The van der Waals surface area contributed by atoms with Crippen molar-refractivity contribution < 1.29 is 5.11 Å². The van der Waals surface area contributed by atoms with E-state index in [0.29, 0.717) is 11.5 Å². The largest absolute Gasteiger partial charge is 0.392 e. The lowest BCUT2D eigenvalue weighted by molar-refractivity contribution is 0.0234. The SMILES string of the molecule is CCC1CN(CC2(C)CCNC2)CCN1CC(C)O. The van der Waals surface area contributed by atoms with Crippen LogP contribution in [0.2, 0.25) is 0 Å². The van der Waals surface area contributed by atoms with Gasteiger partial charge in [0.1, 0.15) is 0 Å². The molecule has 0 bridgehead atoms. The lowest BCUT2D eigenvalue weighted by Crippen LogP contribution is -2.56. The summed E-state index contributed by atoms with van der Waals surface area (Å²) in [7, 11) is 0. The molecule has 2 N–H and O–H groups in total. The number of rotatable bonds is 5. The molecular formula is C15H31N3O. The smallest absolute Gasteiger partial charge is 0.0639 e.